The van der Waals surface area contributed by atoms with Crippen molar-refractivity contribution in [2.24, 2.45) is 0 Å². The highest BCUT2D eigenvalue weighted by molar-refractivity contribution is 7.22. The Hall–Kier alpha value is -4.72. The second-order valence-electron chi connectivity index (χ2n) is 11.0. The second-order valence-corrected chi connectivity index (χ2v) is 12.1. The van der Waals surface area contributed by atoms with Gasteiger partial charge in [0.15, 0.2) is 16.6 Å². The maximum Gasteiger partial charge on any atom is 0.321 e. The van der Waals surface area contributed by atoms with E-state index in [0.29, 0.717) is 35.6 Å². The fourth-order valence-electron chi connectivity index (χ4n) is 5.34. The number of thiazole rings is 1. The molecule has 1 saturated heterocycles. The van der Waals surface area contributed by atoms with Gasteiger partial charge in [-0.25, -0.2) is 19.7 Å². The highest BCUT2D eigenvalue weighted by atomic mass is 32.1. The standard InChI is InChI=1S/C33H38N8O4S/c1-40-12-14-41(15-13-40)11-6-16-45-29-19-26-24(18-28(29)44-3)31(36-21-35-26)37-23-9-10-25-30(17-23)46-33(38-25)39-32(42)34-20-22-7-4-5-8-27(22)43-2/h4-5,7-10,17-19,21H,6,11-16,20H2,1-3H3,(H,35,36,37)(H2,34,38,39,42). The van der Waals surface area contributed by atoms with Gasteiger partial charge >= 0.3 is 6.03 Å². The Bertz CT molecular complexity index is 1810. The maximum absolute atomic E-state index is 12.6. The third-order valence-electron chi connectivity index (χ3n) is 7.90. The van der Waals surface area contributed by atoms with Crippen LogP contribution in [0.2, 0.25) is 0 Å². The number of hydrogen-bond donors (Lipinski definition) is 3. The Balaban J connectivity index is 1.09. The number of piperazine rings is 1. The van der Waals surface area contributed by atoms with Crippen LogP contribution in [0.5, 0.6) is 17.2 Å². The van der Waals surface area contributed by atoms with E-state index >= 15 is 0 Å². The van der Waals surface area contributed by atoms with Crippen LogP contribution in [-0.4, -0.2) is 91.4 Å². The van der Waals surface area contributed by atoms with E-state index in [-0.39, 0.29) is 6.03 Å². The molecule has 0 bridgehead atoms. The molecular weight excluding hydrogens is 604 g/mol. The Morgan fingerprint density at radius 2 is 1.76 bits per heavy atom. The van der Waals surface area contributed by atoms with Crippen LogP contribution in [-0.2, 0) is 6.54 Å². The highest BCUT2D eigenvalue weighted by Gasteiger charge is 2.16. The Morgan fingerprint density at radius 1 is 0.935 bits per heavy atom. The van der Waals surface area contributed by atoms with E-state index in [1.165, 1.54) is 17.7 Å². The topological polar surface area (TPSA) is 126 Å². The summed E-state index contributed by atoms with van der Waals surface area (Å²) in [5, 5.41) is 10.4. The number of anilines is 3. The van der Waals surface area contributed by atoms with Gasteiger partial charge in [0.05, 0.1) is 36.6 Å². The van der Waals surface area contributed by atoms with E-state index < -0.39 is 0 Å². The van der Waals surface area contributed by atoms with Gasteiger partial charge in [0, 0.05) is 62.0 Å². The van der Waals surface area contributed by atoms with Crippen LogP contribution in [0.1, 0.15) is 12.0 Å². The van der Waals surface area contributed by atoms with Crippen molar-refractivity contribution in [3.8, 4) is 17.2 Å². The summed E-state index contributed by atoms with van der Waals surface area (Å²) >= 11 is 1.39. The van der Waals surface area contributed by atoms with Gasteiger partial charge in [-0.2, -0.15) is 0 Å². The first-order chi connectivity index (χ1) is 22.5. The summed E-state index contributed by atoms with van der Waals surface area (Å²) in [6.45, 7) is 6.35. The van der Waals surface area contributed by atoms with Crippen molar-refractivity contribution in [1.82, 2.24) is 30.1 Å². The van der Waals surface area contributed by atoms with Crippen molar-refractivity contribution in [3.63, 3.8) is 0 Å². The van der Waals surface area contributed by atoms with Crippen LogP contribution in [0.25, 0.3) is 21.1 Å². The highest BCUT2D eigenvalue weighted by Crippen LogP contribution is 2.36. The molecular formula is C33H38N8O4S. The molecule has 2 amide bonds. The molecule has 240 valence electrons. The smallest absolute Gasteiger partial charge is 0.321 e. The molecule has 3 N–H and O–H groups in total. The Morgan fingerprint density at radius 3 is 2.59 bits per heavy atom. The molecule has 1 aliphatic heterocycles. The predicted molar refractivity (Wildman–Crippen MR) is 182 cm³/mol. The SMILES string of the molecule is COc1ccccc1CNC(=O)Nc1nc2ccc(Nc3ncnc4cc(OCCCN5CCN(C)CC5)c(OC)cc34)cc2s1. The third kappa shape index (κ3) is 7.56. The molecule has 2 aromatic heterocycles. The molecule has 0 radical (unpaired) electrons. The number of fused-ring (bicyclic) bond motifs is 2. The first-order valence-electron chi connectivity index (χ1n) is 15.2. The molecule has 0 saturated carbocycles. The van der Waals surface area contributed by atoms with Crippen LogP contribution in [0.15, 0.2) is 60.9 Å². The average Bonchev–Trinajstić information content (AvgIpc) is 3.47. The summed E-state index contributed by atoms with van der Waals surface area (Å²) in [7, 11) is 5.41. The summed E-state index contributed by atoms with van der Waals surface area (Å²) in [4.78, 5) is 31.0. The van der Waals surface area contributed by atoms with Gasteiger partial charge in [-0.15, -0.1) is 0 Å². The molecule has 3 aromatic carbocycles. The van der Waals surface area contributed by atoms with E-state index in [4.69, 9.17) is 14.2 Å². The number of nitrogens with zero attached hydrogens (tertiary/aromatic N) is 5. The molecule has 0 atom stereocenters. The summed E-state index contributed by atoms with van der Waals surface area (Å²) in [5.41, 5.74) is 3.23. The van der Waals surface area contributed by atoms with Gasteiger partial charge in [-0.05, 0) is 43.8 Å². The van der Waals surface area contributed by atoms with E-state index in [9.17, 15) is 4.79 Å². The van der Waals surface area contributed by atoms with E-state index in [2.05, 4.69) is 47.7 Å². The van der Waals surface area contributed by atoms with Gasteiger partial charge < -0.3 is 34.6 Å². The van der Waals surface area contributed by atoms with Crippen LogP contribution in [0, 0.1) is 0 Å². The van der Waals surface area contributed by atoms with Crippen molar-refractivity contribution in [3.05, 3.63) is 66.5 Å². The zero-order valence-corrected chi connectivity index (χ0v) is 27.0. The minimum Gasteiger partial charge on any atom is -0.496 e. The molecule has 46 heavy (non-hydrogen) atoms. The number of benzene rings is 3. The van der Waals surface area contributed by atoms with Crippen molar-refractivity contribution in [1.29, 1.82) is 0 Å². The first kappa shape index (κ1) is 31.3. The van der Waals surface area contributed by atoms with Gasteiger partial charge in [0.25, 0.3) is 0 Å². The molecule has 0 aliphatic carbocycles. The summed E-state index contributed by atoms with van der Waals surface area (Å²) in [6.07, 6.45) is 2.47. The zero-order valence-electron chi connectivity index (χ0n) is 26.2. The van der Waals surface area contributed by atoms with Gasteiger partial charge in [0.2, 0.25) is 0 Å². The number of ether oxygens (including phenoxy) is 3. The van der Waals surface area contributed by atoms with Crippen LogP contribution >= 0.6 is 11.3 Å². The zero-order chi connectivity index (χ0) is 31.9. The van der Waals surface area contributed by atoms with Gasteiger partial charge in [0.1, 0.15) is 17.9 Å². The number of rotatable bonds is 12. The lowest BCUT2D eigenvalue weighted by atomic mass is 10.2. The molecule has 5 aromatic rings. The summed E-state index contributed by atoms with van der Waals surface area (Å²) in [6, 6.07) is 16.8. The van der Waals surface area contributed by atoms with E-state index in [0.717, 1.165) is 77.3 Å². The Labute approximate surface area is 271 Å². The lowest BCUT2D eigenvalue weighted by molar-refractivity contribution is 0.145. The van der Waals surface area contributed by atoms with Crippen molar-refractivity contribution in [2.75, 3.05) is 71.2 Å². The minimum absolute atomic E-state index is 0.330. The van der Waals surface area contributed by atoms with Crippen molar-refractivity contribution in [2.45, 2.75) is 13.0 Å². The summed E-state index contributed by atoms with van der Waals surface area (Å²) < 4.78 is 18.1. The fraction of sp³-hybridized carbons (Fsp3) is 0.333. The molecule has 13 heteroatoms. The van der Waals surface area contributed by atoms with Crippen LogP contribution in [0.3, 0.4) is 0 Å². The third-order valence-corrected chi connectivity index (χ3v) is 8.83. The fourth-order valence-corrected chi connectivity index (χ4v) is 6.24. The van der Waals surface area contributed by atoms with Gasteiger partial charge in [-0.1, -0.05) is 29.5 Å². The first-order valence-corrected chi connectivity index (χ1v) is 16.0. The van der Waals surface area contributed by atoms with E-state index in [1.807, 2.05) is 54.6 Å². The largest absolute Gasteiger partial charge is 0.496 e. The number of carbonyl (C=O) groups excluding carboxylic acids is 1. The molecule has 0 unspecified atom stereocenters. The maximum atomic E-state index is 12.6. The lowest BCUT2D eigenvalue weighted by Gasteiger charge is -2.32. The quantitative estimate of drug-likeness (QED) is 0.154. The molecule has 3 heterocycles. The summed E-state index contributed by atoms with van der Waals surface area (Å²) in [5.74, 6) is 2.65. The molecule has 1 aliphatic rings. The minimum atomic E-state index is -0.344. The Kier molecular flexibility index (Phi) is 9.91. The molecule has 6 rings (SSSR count). The monoisotopic (exact) mass is 642 g/mol. The van der Waals surface area contributed by atoms with E-state index in [1.54, 1.807) is 14.2 Å². The average molecular weight is 643 g/mol. The molecule has 0 spiro atoms. The number of methoxy groups -OCH3 is 2. The number of hydrogen-bond acceptors (Lipinski definition) is 11. The number of nitrogens with one attached hydrogen (secondary N) is 3. The van der Waals surface area contributed by atoms with Crippen molar-refractivity contribution >= 4 is 55.1 Å². The number of urea groups is 1. The normalized spacial score (nSPS) is 13.9. The number of aromatic nitrogens is 3. The number of carbonyl (C=O) groups is 1. The molecule has 1 fully saturated rings. The number of para-hydroxylation sites is 1. The van der Waals surface area contributed by atoms with Crippen LogP contribution < -0.4 is 30.2 Å². The van der Waals surface area contributed by atoms with Crippen molar-refractivity contribution < 1.29 is 19.0 Å². The number of amides is 2. The molecule has 12 nitrogen and oxygen atoms in total. The van der Waals surface area contributed by atoms with Gasteiger partial charge in [-0.3, -0.25) is 5.32 Å². The lowest BCUT2D eigenvalue weighted by Crippen LogP contribution is -2.44. The second kappa shape index (κ2) is 14.6. The predicted octanol–water partition coefficient (Wildman–Crippen LogP) is 5.34. The van der Waals surface area contributed by atoms with Crippen LogP contribution in [0.4, 0.5) is 21.4 Å². The number of likely N-dealkylation sites (N-methyl/N-ethyl adjacent to an activating group) is 1.